The topological polar surface area (TPSA) is 237 Å². The van der Waals surface area contributed by atoms with Crippen LogP contribution in [0.2, 0.25) is 0 Å². The Bertz CT molecular complexity index is 2030. The lowest BCUT2D eigenvalue weighted by molar-refractivity contribution is -0.161. The lowest BCUT2D eigenvalue weighted by Crippen LogP contribution is -2.30. The fourth-order valence-electron chi connectivity index (χ4n) is 13.6. The maximum Gasteiger partial charge on any atom is 0.472 e. The van der Waals surface area contributed by atoms with Crippen molar-refractivity contribution in [1.29, 1.82) is 0 Å². The summed E-state index contributed by atoms with van der Waals surface area (Å²) >= 11 is 0. The standard InChI is InChI=1S/C87H170O17P2/c1-7-10-12-14-16-18-20-22-23-24-25-26-27-31-34-37-41-44-51-57-63-69-84(89)97-75-82(103-87(92)72-66-60-54-46-42-38-35-32-29-28-30-33-36-39-43-50-56-62-68-80(6)9-3)77-101-105(93,94)99-73-81(88)74-100-106(95,96)102-78-83(76-98-85(90)70-64-58-52-48-47-49-55-61-67-79(4)5)104-86(91)71-65-59-53-45-40-21-19-17-15-13-11-8-2/h79-83,88H,7-78H2,1-6H3,(H,93,94)(H,95,96)/t80?,81-,82-,83-/m1/s1. The first-order valence-electron chi connectivity index (χ1n) is 45.0. The van der Waals surface area contributed by atoms with E-state index in [1.54, 1.807) is 0 Å². The molecule has 0 aromatic heterocycles. The molecule has 0 saturated heterocycles. The van der Waals surface area contributed by atoms with Gasteiger partial charge in [0.2, 0.25) is 0 Å². The highest BCUT2D eigenvalue weighted by Crippen LogP contribution is 2.45. The van der Waals surface area contributed by atoms with Crippen LogP contribution in [-0.4, -0.2) is 96.7 Å². The molecule has 0 aliphatic heterocycles. The van der Waals surface area contributed by atoms with Crippen LogP contribution in [-0.2, 0) is 65.4 Å². The molecule has 0 aliphatic carbocycles. The van der Waals surface area contributed by atoms with Gasteiger partial charge in [0.05, 0.1) is 26.4 Å². The highest BCUT2D eigenvalue weighted by atomic mass is 31.2. The lowest BCUT2D eigenvalue weighted by atomic mass is 9.99. The van der Waals surface area contributed by atoms with Gasteiger partial charge >= 0.3 is 39.5 Å². The number of carbonyl (C=O) groups excluding carboxylic acids is 4. The monoisotopic (exact) mass is 1550 g/mol. The smallest absolute Gasteiger partial charge is 0.462 e. The molecule has 0 rings (SSSR count). The van der Waals surface area contributed by atoms with Crippen molar-refractivity contribution in [3.05, 3.63) is 0 Å². The summed E-state index contributed by atoms with van der Waals surface area (Å²) in [6.07, 6.45) is 70.9. The van der Waals surface area contributed by atoms with Crippen LogP contribution >= 0.6 is 15.6 Å². The van der Waals surface area contributed by atoms with E-state index in [-0.39, 0.29) is 25.7 Å². The molecule has 0 bridgehead atoms. The number of unbranched alkanes of at least 4 members (excludes halogenated alkanes) is 55. The van der Waals surface area contributed by atoms with Crippen LogP contribution in [0, 0.1) is 11.8 Å². The van der Waals surface area contributed by atoms with Gasteiger partial charge in [-0.25, -0.2) is 9.13 Å². The predicted molar refractivity (Wildman–Crippen MR) is 437 cm³/mol. The number of ether oxygens (including phenoxy) is 4. The van der Waals surface area contributed by atoms with Gasteiger partial charge in [0, 0.05) is 25.7 Å². The molecule has 0 aromatic carbocycles. The van der Waals surface area contributed by atoms with E-state index in [0.29, 0.717) is 25.7 Å². The Hall–Kier alpha value is -1.94. The van der Waals surface area contributed by atoms with Gasteiger partial charge in [0.1, 0.15) is 19.3 Å². The maximum atomic E-state index is 13.2. The van der Waals surface area contributed by atoms with E-state index < -0.39 is 97.5 Å². The normalized spacial score (nSPS) is 14.1. The van der Waals surface area contributed by atoms with Crippen LogP contribution in [0.15, 0.2) is 0 Å². The van der Waals surface area contributed by atoms with Crippen molar-refractivity contribution < 1.29 is 80.2 Å². The van der Waals surface area contributed by atoms with E-state index in [1.807, 2.05) is 0 Å². The Balaban J connectivity index is 5.20. The molecule has 6 atom stereocenters. The average Bonchev–Trinajstić information content (AvgIpc) is 0.924. The van der Waals surface area contributed by atoms with Crippen molar-refractivity contribution in [2.75, 3.05) is 39.6 Å². The van der Waals surface area contributed by atoms with E-state index in [4.69, 9.17) is 37.0 Å². The number of phosphoric ester groups is 2. The second kappa shape index (κ2) is 78.3. The molecule has 0 fully saturated rings. The highest BCUT2D eigenvalue weighted by molar-refractivity contribution is 7.47. The van der Waals surface area contributed by atoms with Crippen LogP contribution < -0.4 is 0 Å². The molecule has 0 aliphatic rings. The minimum Gasteiger partial charge on any atom is -0.462 e. The van der Waals surface area contributed by atoms with Crippen molar-refractivity contribution in [1.82, 2.24) is 0 Å². The molecule has 19 heteroatoms. The Morgan fingerprint density at radius 1 is 0.274 bits per heavy atom. The highest BCUT2D eigenvalue weighted by Gasteiger charge is 2.30. The van der Waals surface area contributed by atoms with Crippen LogP contribution in [0.25, 0.3) is 0 Å². The molecule has 3 N–H and O–H groups in total. The van der Waals surface area contributed by atoms with Crippen LogP contribution in [0.3, 0.4) is 0 Å². The van der Waals surface area contributed by atoms with Crippen LogP contribution in [0.1, 0.15) is 465 Å². The zero-order chi connectivity index (χ0) is 77.8. The van der Waals surface area contributed by atoms with Gasteiger partial charge in [-0.1, -0.05) is 414 Å². The van der Waals surface area contributed by atoms with E-state index in [2.05, 4.69) is 41.5 Å². The van der Waals surface area contributed by atoms with Crippen molar-refractivity contribution in [3.8, 4) is 0 Å². The summed E-state index contributed by atoms with van der Waals surface area (Å²) in [5.74, 6) is -0.505. The van der Waals surface area contributed by atoms with Crippen LogP contribution in [0.4, 0.5) is 0 Å². The third-order valence-electron chi connectivity index (χ3n) is 20.8. The SMILES string of the molecule is CCCCCCCCCCCCCCCCCCCCCCCC(=O)OC[C@H](COP(=O)(O)OC[C@@H](O)COP(=O)(O)OC[C@@H](COC(=O)CCCCCCCCCCC(C)C)OC(=O)CCCCCCCCCCCCCC)OC(=O)CCCCCCCCCCCCCCCCCCCCC(C)CC. The number of phosphoric acid groups is 2. The Labute approximate surface area is 651 Å². The van der Waals surface area contributed by atoms with Gasteiger partial charge in [-0.3, -0.25) is 37.3 Å². The molecule has 106 heavy (non-hydrogen) atoms. The summed E-state index contributed by atoms with van der Waals surface area (Å²) in [4.78, 5) is 73.2. The number of esters is 4. The minimum absolute atomic E-state index is 0.107. The van der Waals surface area contributed by atoms with Crippen molar-refractivity contribution >= 4 is 39.5 Å². The second-order valence-electron chi connectivity index (χ2n) is 32.0. The Morgan fingerprint density at radius 2 is 0.481 bits per heavy atom. The second-order valence-corrected chi connectivity index (χ2v) is 34.9. The maximum absolute atomic E-state index is 13.2. The Morgan fingerprint density at radius 3 is 0.717 bits per heavy atom. The summed E-state index contributed by atoms with van der Waals surface area (Å²) < 4.78 is 68.9. The van der Waals surface area contributed by atoms with E-state index in [1.165, 1.54) is 283 Å². The quantitative estimate of drug-likeness (QED) is 0.0222. The molecule has 0 radical (unpaired) electrons. The zero-order valence-electron chi connectivity index (χ0n) is 69.7. The summed E-state index contributed by atoms with van der Waals surface area (Å²) in [5, 5.41) is 10.7. The fraction of sp³-hybridized carbons (Fsp3) is 0.954. The van der Waals surface area contributed by atoms with Gasteiger partial charge in [-0.05, 0) is 37.5 Å². The molecule has 17 nitrogen and oxygen atoms in total. The molecular weight excluding hydrogens is 1380 g/mol. The molecule has 630 valence electrons. The predicted octanol–water partition coefficient (Wildman–Crippen LogP) is 26.6. The molecule has 0 aromatic rings. The largest absolute Gasteiger partial charge is 0.472 e. The first-order chi connectivity index (χ1) is 51.4. The Kier molecular flexibility index (Phi) is 76.9. The van der Waals surface area contributed by atoms with Crippen molar-refractivity contribution in [2.45, 2.75) is 484 Å². The lowest BCUT2D eigenvalue weighted by Gasteiger charge is -2.21. The number of hydrogen-bond donors (Lipinski definition) is 3. The van der Waals surface area contributed by atoms with Crippen LogP contribution in [0.5, 0.6) is 0 Å². The fourth-order valence-corrected chi connectivity index (χ4v) is 15.1. The zero-order valence-corrected chi connectivity index (χ0v) is 71.5. The minimum atomic E-state index is -4.97. The van der Waals surface area contributed by atoms with Gasteiger partial charge < -0.3 is 33.8 Å². The van der Waals surface area contributed by atoms with Crippen molar-refractivity contribution in [2.24, 2.45) is 11.8 Å². The summed E-state index contributed by atoms with van der Waals surface area (Å²) in [6.45, 7) is 9.70. The molecule has 0 spiro atoms. The third-order valence-corrected chi connectivity index (χ3v) is 22.7. The molecule has 3 unspecified atom stereocenters. The number of rotatable bonds is 86. The third kappa shape index (κ3) is 78.7. The van der Waals surface area contributed by atoms with E-state index >= 15 is 0 Å². The number of hydrogen-bond acceptors (Lipinski definition) is 15. The molecule has 0 amide bonds. The van der Waals surface area contributed by atoms with Gasteiger partial charge in [-0.15, -0.1) is 0 Å². The van der Waals surface area contributed by atoms with E-state index in [9.17, 15) is 43.2 Å². The van der Waals surface area contributed by atoms with Gasteiger partial charge in [-0.2, -0.15) is 0 Å². The molecular formula is C87H170O17P2. The summed E-state index contributed by atoms with van der Waals surface area (Å²) in [7, 11) is -9.93. The van der Waals surface area contributed by atoms with Crippen molar-refractivity contribution in [3.63, 3.8) is 0 Å². The van der Waals surface area contributed by atoms with Gasteiger partial charge in [0.15, 0.2) is 12.2 Å². The van der Waals surface area contributed by atoms with E-state index in [0.717, 1.165) is 102 Å². The molecule has 0 heterocycles. The van der Waals surface area contributed by atoms with Gasteiger partial charge in [0.25, 0.3) is 0 Å². The number of carbonyl (C=O) groups is 4. The average molecular weight is 1550 g/mol. The first kappa shape index (κ1) is 104. The number of aliphatic hydroxyl groups is 1. The number of aliphatic hydroxyl groups excluding tert-OH is 1. The molecule has 0 saturated carbocycles. The summed E-state index contributed by atoms with van der Waals surface area (Å²) in [5.41, 5.74) is 0. The summed E-state index contributed by atoms with van der Waals surface area (Å²) in [6, 6.07) is 0. The first-order valence-corrected chi connectivity index (χ1v) is 48.0.